The zero-order chi connectivity index (χ0) is 37.4. The predicted molar refractivity (Wildman–Crippen MR) is 196 cm³/mol. The van der Waals surface area contributed by atoms with Crippen molar-refractivity contribution in [3.8, 4) is 0 Å². The SMILES string of the molecule is C=CC(=O)NC(Cc1cncn1I)C(=O)Nc1cccc(Nc2ncc(NC(=O)c3cc(NC(=O)c4cccc(C(F)(F)F)c4)ccc3C)cn2)c1. The summed E-state index contributed by atoms with van der Waals surface area (Å²) in [5, 5.41) is 13.7. The van der Waals surface area contributed by atoms with E-state index in [1.165, 1.54) is 30.6 Å². The van der Waals surface area contributed by atoms with Gasteiger partial charge in [-0.25, -0.2) is 15.0 Å². The molecule has 1 atom stereocenters. The van der Waals surface area contributed by atoms with Crippen LogP contribution in [0.5, 0.6) is 0 Å². The average molecular weight is 824 g/mol. The van der Waals surface area contributed by atoms with Gasteiger partial charge in [-0.15, -0.1) is 0 Å². The van der Waals surface area contributed by atoms with E-state index in [9.17, 15) is 32.3 Å². The number of imidazole rings is 1. The minimum absolute atomic E-state index is 0.184. The normalized spacial score (nSPS) is 11.6. The number of rotatable bonds is 12. The van der Waals surface area contributed by atoms with Gasteiger partial charge in [0.1, 0.15) is 12.4 Å². The monoisotopic (exact) mass is 823 g/mol. The molecule has 0 saturated heterocycles. The summed E-state index contributed by atoms with van der Waals surface area (Å²) in [5.41, 5.74) is 1.79. The lowest BCUT2D eigenvalue weighted by Crippen LogP contribution is -2.44. The Labute approximate surface area is 308 Å². The lowest BCUT2D eigenvalue weighted by molar-refractivity contribution is -0.137. The van der Waals surface area contributed by atoms with Gasteiger partial charge in [-0.1, -0.05) is 24.8 Å². The molecule has 4 amide bonds. The summed E-state index contributed by atoms with van der Waals surface area (Å²) in [6, 6.07) is 14.4. The van der Waals surface area contributed by atoms with Crippen molar-refractivity contribution in [2.24, 2.45) is 0 Å². The van der Waals surface area contributed by atoms with Crippen LogP contribution in [0.15, 0.2) is 104 Å². The van der Waals surface area contributed by atoms with Crippen LogP contribution in [0.4, 0.5) is 41.9 Å². The van der Waals surface area contributed by atoms with E-state index in [1.54, 1.807) is 52.6 Å². The van der Waals surface area contributed by atoms with Gasteiger partial charge in [-0.3, -0.25) is 22.0 Å². The van der Waals surface area contributed by atoms with Gasteiger partial charge in [-0.05, 0) is 67.1 Å². The van der Waals surface area contributed by atoms with E-state index >= 15 is 0 Å². The summed E-state index contributed by atoms with van der Waals surface area (Å²) < 4.78 is 41.0. The van der Waals surface area contributed by atoms with Gasteiger partial charge >= 0.3 is 6.18 Å². The molecule has 0 aliphatic rings. The third kappa shape index (κ3) is 9.77. The number of aromatic nitrogens is 4. The number of nitrogens with one attached hydrogen (secondary N) is 5. The minimum Gasteiger partial charge on any atom is -0.340 e. The largest absolute Gasteiger partial charge is 0.416 e. The topological polar surface area (TPSA) is 172 Å². The van der Waals surface area contributed by atoms with Gasteiger partial charge in [0.15, 0.2) is 0 Å². The molecular formula is C35H29F3IN9O4. The van der Waals surface area contributed by atoms with Crippen LogP contribution < -0.4 is 26.6 Å². The highest BCUT2D eigenvalue weighted by Gasteiger charge is 2.31. The van der Waals surface area contributed by atoms with E-state index < -0.39 is 41.4 Å². The number of benzene rings is 3. The number of carbonyl (C=O) groups excluding carboxylic acids is 4. The second kappa shape index (κ2) is 16.3. The number of nitrogens with zero attached hydrogens (tertiary/aromatic N) is 4. The molecule has 0 spiro atoms. The van der Waals surface area contributed by atoms with E-state index in [2.05, 4.69) is 48.1 Å². The van der Waals surface area contributed by atoms with Crippen LogP contribution in [0.1, 0.15) is 37.5 Å². The third-order valence-corrected chi connectivity index (χ3v) is 8.25. The number of carbonyl (C=O) groups is 4. The molecule has 266 valence electrons. The first-order valence-corrected chi connectivity index (χ1v) is 16.3. The highest BCUT2D eigenvalue weighted by molar-refractivity contribution is 14.1. The van der Waals surface area contributed by atoms with Gasteiger partial charge in [0.05, 0.1) is 52.2 Å². The van der Waals surface area contributed by atoms with Crippen molar-refractivity contribution in [1.29, 1.82) is 0 Å². The van der Waals surface area contributed by atoms with Gasteiger partial charge in [-0.2, -0.15) is 13.2 Å². The Morgan fingerprint density at radius 2 is 1.56 bits per heavy atom. The highest BCUT2D eigenvalue weighted by Crippen LogP contribution is 2.30. The molecule has 5 rings (SSSR count). The maximum atomic E-state index is 13.2. The van der Waals surface area contributed by atoms with Crippen molar-refractivity contribution in [2.75, 3.05) is 21.3 Å². The van der Waals surface area contributed by atoms with Gasteiger partial charge in [0.2, 0.25) is 17.8 Å². The molecule has 5 aromatic rings. The number of hydrogen-bond acceptors (Lipinski definition) is 8. The molecule has 5 N–H and O–H groups in total. The number of alkyl halides is 3. The van der Waals surface area contributed by atoms with Crippen molar-refractivity contribution < 1.29 is 32.3 Å². The molecule has 2 aromatic heterocycles. The minimum atomic E-state index is -4.60. The number of amides is 4. The van der Waals surface area contributed by atoms with Crippen molar-refractivity contribution in [2.45, 2.75) is 25.6 Å². The van der Waals surface area contributed by atoms with Gasteiger partial charge in [0.25, 0.3) is 11.8 Å². The third-order valence-electron chi connectivity index (χ3n) is 7.39. The Hall–Kier alpha value is -6.11. The molecule has 3 aromatic carbocycles. The Bertz CT molecular complexity index is 2140. The van der Waals surface area contributed by atoms with Crippen molar-refractivity contribution in [3.05, 3.63) is 132 Å². The van der Waals surface area contributed by atoms with Crippen LogP contribution in [-0.4, -0.2) is 47.4 Å². The molecule has 0 aliphatic carbocycles. The van der Waals surface area contributed by atoms with Crippen LogP contribution >= 0.6 is 22.9 Å². The fourth-order valence-corrected chi connectivity index (χ4v) is 5.23. The van der Waals surface area contributed by atoms with Gasteiger partial charge < -0.3 is 26.6 Å². The molecule has 0 fully saturated rings. The zero-order valence-corrected chi connectivity index (χ0v) is 29.3. The number of anilines is 5. The average Bonchev–Trinajstić information content (AvgIpc) is 3.52. The molecule has 13 nitrogen and oxygen atoms in total. The quantitative estimate of drug-likeness (QED) is 0.0721. The van der Waals surface area contributed by atoms with E-state index in [4.69, 9.17) is 0 Å². The van der Waals surface area contributed by atoms with E-state index in [1.807, 2.05) is 22.9 Å². The summed E-state index contributed by atoms with van der Waals surface area (Å²) in [7, 11) is 0. The van der Waals surface area contributed by atoms with Crippen molar-refractivity contribution >= 4 is 75.2 Å². The molecule has 0 aliphatic heterocycles. The van der Waals surface area contributed by atoms with E-state index in [0.29, 0.717) is 16.9 Å². The second-order valence-corrected chi connectivity index (χ2v) is 12.2. The first-order valence-electron chi connectivity index (χ1n) is 15.3. The van der Waals surface area contributed by atoms with Crippen molar-refractivity contribution in [1.82, 2.24) is 23.0 Å². The Balaban J connectivity index is 1.20. The molecule has 0 saturated carbocycles. The smallest absolute Gasteiger partial charge is 0.340 e. The maximum absolute atomic E-state index is 13.2. The van der Waals surface area contributed by atoms with Crippen LogP contribution in [0.3, 0.4) is 0 Å². The first-order chi connectivity index (χ1) is 24.8. The Kier molecular flexibility index (Phi) is 11.6. The summed E-state index contributed by atoms with van der Waals surface area (Å²) in [6.45, 7) is 5.13. The molecule has 52 heavy (non-hydrogen) atoms. The van der Waals surface area contributed by atoms with Crippen molar-refractivity contribution in [3.63, 3.8) is 0 Å². The number of aryl methyl sites for hydroxylation is 1. The van der Waals surface area contributed by atoms with Crippen LogP contribution in [0.2, 0.25) is 0 Å². The molecule has 2 heterocycles. The van der Waals surface area contributed by atoms with E-state index in [0.717, 1.165) is 30.0 Å². The van der Waals surface area contributed by atoms with Crippen LogP contribution in [0.25, 0.3) is 0 Å². The standard InChI is InChI=1S/C35H29F3IN9O4/c1-3-30(49)47-29(15-27-18-40-19-48(27)39)33(52)44-23-8-5-9-24(13-23)46-34-41-16-26(17-42-34)45-32(51)28-14-25(11-10-20(28)2)43-31(50)21-6-4-7-22(12-21)35(36,37)38/h3-14,16-19,29H,1,15H2,2H3,(H,43,50)(H,44,52)(H,45,51)(H,47,49)(H,41,42,46). The first kappa shape index (κ1) is 37.2. The fraction of sp³-hybridized carbons (Fsp3) is 0.114. The molecule has 1 unspecified atom stereocenters. The number of hydrogen-bond donors (Lipinski definition) is 5. The lowest BCUT2D eigenvalue weighted by Gasteiger charge is -2.18. The highest BCUT2D eigenvalue weighted by atomic mass is 127. The molecule has 0 bridgehead atoms. The Morgan fingerprint density at radius 1 is 0.865 bits per heavy atom. The summed E-state index contributed by atoms with van der Waals surface area (Å²) >= 11 is 2.03. The van der Waals surface area contributed by atoms with E-state index in [-0.39, 0.29) is 34.9 Å². The lowest BCUT2D eigenvalue weighted by atomic mass is 10.1. The maximum Gasteiger partial charge on any atom is 0.416 e. The predicted octanol–water partition coefficient (Wildman–Crippen LogP) is 6.30. The summed E-state index contributed by atoms with van der Waals surface area (Å²) in [4.78, 5) is 63.5. The number of halogens is 4. The summed E-state index contributed by atoms with van der Waals surface area (Å²) in [6.07, 6.45) is 2.60. The second-order valence-electron chi connectivity index (χ2n) is 11.2. The Morgan fingerprint density at radius 3 is 2.25 bits per heavy atom. The molecule has 17 heteroatoms. The zero-order valence-electron chi connectivity index (χ0n) is 27.2. The fourth-order valence-electron chi connectivity index (χ4n) is 4.77. The van der Waals surface area contributed by atoms with Gasteiger partial charge in [0, 0.05) is 40.8 Å². The molecule has 0 radical (unpaired) electrons. The molecular weight excluding hydrogens is 794 g/mol. The van der Waals surface area contributed by atoms with Crippen LogP contribution in [-0.2, 0) is 22.2 Å². The van der Waals surface area contributed by atoms with Crippen LogP contribution in [0, 0.1) is 6.92 Å². The summed E-state index contributed by atoms with van der Waals surface area (Å²) in [5.74, 6) is -2.08.